The van der Waals surface area contributed by atoms with Gasteiger partial charge in [-0.2, -0.15) is 0 Å². The topological polar surface area (TPSA) is 35.6 Å². The number of rotatable bonds is 4. The molecule has 0 radical (unpaired) electrons. The molecule has 2 aromatic carbocycles. The lowest BCUT2D eigenvalue weighted by molar-refractivity contribution is 0.148. The van der Waals surface area contributed by atoms with E-state index in [1.807, 2.05) is 18.2 Å². The molecule has 6 heteroatoms. The number of piperazine rings is 1. The van der Waals surface area contributed by atoms with E-state index in [0.717, 1.165) is 31.1 Å². The minimum absolute atomic E-state index is 0.138. The molecule has 3 rings (SSSR count). The molecule has 0 atom stereocenters. The molecule has 0 unspecified atom stereocenters. The summed E-state index contributed by atoms with van der Waals surface area (Å²) in [6, 6.07) is 13.6. The van der Waals surface area contributed by atoms with E-state index in [1.165, 1.54) is 17.7 Å². The Labute approximate surface area is 152 Å². The Morgan fingerprint density at radius 3 is 2.48 bits per heavy atom. The lowest BCUT2D eigenvalue weighted by Gasteiger charge is -2.34. The van der Waals surface area contributed by atoms with Crippen molar-refractivity contribution in [3.8, 4) is 0 Å². The van der Waals surface area contributed by atoms with E-state index < -0.39 is 0 Å². The van der Waals surface area contributed by atoms with Gasteiger partial charge >= 0.3 is 6.03 Å². The van der Waals surface area contributed by atoms with Gasteiger partial charge in [0.2, 0.25) is 0 Å². The zero-order chi connectivity index (χ0) is 17.6. The molecular weight excluding hydrogens is 341 g/mol. The molecule has 0 aromatic heterocycles. The van der Waals surface area contributed by atoms with E-state index in [0.29, 0.717) is 18.8 Å². The Bertz CT molecular complexity index is 715. The van der Waals surface area contributed by atoms with Crippen molar-refractivity contribution in [3.63, 3.8) is 0 Å². The normalized spacial score (nSPS) is 15.2. The van der Waals surface area contributed by atoms with Gasteiger partial charge in [0.25, 0.3) is 0 Å². The van der Waals surface area contributed by atoms with Crippen molar-refractivity contribution in [3.05, 3.63) is 64.9 Å². The highest BCUT2D eigenvalue weighted by Crippen LogP contribution is 2.13. The third-order valence-corrected chi connectivity index (χ3v) is 4.60. The van der Waals surface area contributed by atoms with Gasteiger partial charge in [-0.05, 0) is 48.4 Å². The van der Waals surface area contributed by atoms with Crippen molar-refractivity contribution in [1.29, 1.82) is 0 Å². The van der Waals surface area contributed by atoms with Crippen LogP contribution in [0, 0.1) is 5.82 Å². The van der Waals surface area contributed by atoms with E-state index in [-0.39, 0.29) is 11.8 Å². The molecule has 1 heterocycles. The zero-order valence-corrected chi connectivity index (χ0v) is 14.7. The van der Waals surface area contributed by atoms with Gasteiger partial charge in [-0.1, -0.05) is 23.7 Å². The molecular formula is C19H21ClFN3O. The van der Waals surface area contributed by atoms with Gasteiger partial charge in [0.15, 0.2) is 0 Å². The fourth-order valence-corrected chi connectivity index (χ4v) is 3.10. The maximum absolute atomic E-state index is 12.9. The maximum atomic E-state index is 12.9. The molecule has 0 saturated carbocycles. The molecule has 1 aliphatic heterocycles. The van der Waals surface area contributed by atoms with Gasteiger partial charge in [0, 0.05) is 43.4 Å². The van der Waals surface area contributed by atoms with Crippen LogP contribution < -0.4 is 5.32 Å². The molecule has 4 nitrogen and oxygen atoms in total. The van der Waals surface area contributed by atoms with Gasteiger partial charge in [-0.3, -0.25) is 4.90 Å². The van der Waals surface area contributed by atoms with Crippen LogP contribution in [0.15, 0.2) is 48.5 Å². The number of carbonyl (C=O) groups excluding carboxylic acids is 1. The lowest BCUT2D eigenvalue weighted by atomic mass is 10.1. The van der Waals surface area contributed by atoms with Gasteiger partial charge in [-0.25, -0.2) is 9.18 Å². The number of anilines is 1. The number of urea groups is 1. The van der Waals surface area contributed by atoms with Crippen LogP contribution in [0.4, 0.5) is 14.9 Å². The predicted octanol–water partition coefficient (Wildman–Crippen LogP) is 3.87. The molecule has 25 heavy (non-hydrogen) atoms. The second-order valence-corrected chi connectivity index (χ2v) is 6.58. The summed E-state index contributed by atoms with van der Waals surface area (Å²) in [6.07, 6.45) is 0.947. The number of benzene rings is 2. The minimum atomic E-state index is -0.314. The smallest absolute Gasteiger partial charge is 0.321 e. The summed E-state index contributed by atoms with van der Waals surface area (Å²) in [4.78, 5) is 16.4. The van der Waals surface area contributed by atoms with Crippen molar-refractivity contribution >= 4 is 23.3 Å². The van der Waals surface area contributed by atoms with Crippen LogP contribution in [0.1, 0.15) is 5.56 Å². The van der Waals surface area contributed by atoms with E-state index >= 15 is 0 Å². The highest BCUT2D eigenvalue weighted by molar-refractivity contribution is 6.30. The molecule has 1 N–H and O–H groups in total. The highest BCUT2D eigenvalue weighted by Gasteiger charge is 2.20. The van der Waals surface area contributed by atoms with Gasteiger partial charge in [0.05, 0.1) is 0 Å². The molecule has 1 fully saturated rings. The summed E-state index contributed by atoms with van der Waals surface area (Å²) in [5.74, 6) is -0.314. The SMILES string of the molecule is O=C(Nc1ccc(F)cc1)N1CCN(CCc2cccc(Cl)c2)CC1. The van der Waals surface area contributed by atoms with Gasteiger partial charge < -0.3 is 10.2 Å². The molecule has 132 valence electrons. The molecule has 0 bridgehead atoms. The summed E-state index contributed by atoms with van der Waals surface area (Å²) < 4.78 is 12.9. The average Bonchev–Trinajstić information content (AvgIpc) is 2.62. The van der Waals surface area contributed by atoms with Crippen molar-refractivity contribution < 1.29 is 9.18 Å². The Balaban J connectivity index is 1.43. The molecule has 0 aliphatic carbocycles. The second kappa shape index (κ2) is 8.32. The number of nitrogens with zero attached hydrogens (tertiary/aromatic N) is 2. The standard InChI is InChI=1S/C19H21ClFN3O/c20-16-3-1-2-15(14-16)8-9-23-10-12-24(13-11-23)19(25)22-18-6-4-17(21)5-7-18/h1-7,14H,8-13H2,(H,22,25). The Kier molecular flexibility index (Phi) is 5.89. The minimum Gasteiger partial charge on any atom is -0.322 e. The van der Waals surface area contributed by atoms with Crippen LogP contribution in [0.3, 0.4) is 0 Å². The quantitative estimate of drug-likeness (QED) is 0.897. The number of amides is 2. The van der Waals surface area contributed by atoms with Gasteiger partial charge in [0.1, 0.15) is 5.82 Å². The van der Waals surface area contributed by atoms with Crippen molar-refractivity contribution in [1.82, 2.24) is 9.80 Å². The summed E-state index contributed by atoms with van der Waals surface area (Å²) in [6.45, 7) is 4.01. The number of hydrogen-bond acceptors (Lipinski definition) is 2. The maximum Gasteiger partial charge on any atom is 0.321 e. The first-order valence-electron chi connectivity index (χ1n) is 8.38. The second-order valence-electron chi connectivity index (χ2n) is 6.15. The largest absolute Gasteiger partial charge is 0.322 e. The van der Waals surface area contributed by atoms with Crippen molar-refractivity contribution in [2.45, 2.75) is 6.42 Å². The monoisotopic (exact) mass is 361 g/mol. The lowest BCUT2D eigenvalue weighted by Crippen LogP contribution is -2.50. The number of halogens is 2. The third-order valence-electron chi connectivity index (χ3n) is 4.36. The first-order chi connectivity index (χ1) is 12.1. The fourth-order valence-electron chi connectivity index (χ4n) is 2.89. The van der Waals surface area contributed by atoms with Crippen LogP contribution in [0.2, 0.25) is 5.02 Å². The first-order valence-corrected chi connectivity index (χ1v) is 8.76. The van der Waals surface area contributed by atoms with Crippen LogP contribution in [0.25, 0.3) is 0 Å². The zero-order valence-electron chi connectivity index (χ0n) is 13.9. The van der Waals surface area contributed by atoms with Crippen molar-refractivity contribution in [2.24, 2.45) is 0 Å². The summed E-state index contributed by atoms with van der Waals surface area (Å²) in [7, 11) is 0. The predicted molar refractivity (Wildman–Crippen MR) is 98.6 cm³/mol. The molecule has 1 saturated heterocycles. The summed E-state index contributed by atoms with van der Waals surface area (Å²) in [5.41, 5.74) is 1.83. The summed E-state index contributed by atoms with van der Waals surface area (Å²) in [5, 5.41) is 3.57. The molecule has 0 spiro atoms. The Morgan fingerprint density at radius 2 is 1.80 bits per heavy atom. The molecule has 2 amide bonds. The summed E-state index contributed by atoms with van der Waals surface area (Å²) >= 11 is 6.01. The average molecular weight is 362 g/mol. The number of carbonyl (C=O) groups is 1. The van der Waals surface area contributed by atoms with E-state index in [9.17, 15) is 9.18 Å². The Morgan fingerprint density at radius 1 is 1.08 bits per heavy atom. The van der Waals surface area contributed by atoms with E-state index in [4.69, 9.17) is 11.6 Å². The van der Waals surface area contributed by atoms with Crippen molar-refractivity contribution in [2.75, 3.05) is 38.0 Å². The molecule has 2 aromatic rings. The number of hydrogen-bond donors (Lipinski definition) is 1. The van der Waals surface area contributed by atoms with Crippen LogP contribution >= 0.6 is 11.6 Å². The van der Waals surface area contributed by atoms with Gasteiger partial charge in [-0.15, -0.1) is 0 Å². The highest BCUT2D eigenvalue weighted by atomic mass is 35.5. The first kappa shape index (κ1) is 17.7. The van der Waals surface area contributed by atoms with Crippen LogP contribution in [0.5, 0.6) is 0 Å². The fraction of sp³-hybridized carbons (Fsp3) is 0.316. The Hall–Kier alpha value is -2.11. The number of nitrogens with one attached hydrogen (secondary N) is 1. The third kappa shape index (κ3) is 5.18. The van der Waals surface area contributed by atoms with E-state index in [2.05, 4.69) is 16.3 Å². The molecule has 1 aliphatic rings. The van der Waals surface area contributed by atoms with Crippen LogP contribution in [-0.4, -0.2) is 48.6 Å². The van der Waals surface area contributed by atoms with E-state index in [1.54, 1.807) is 17.0 Å². The van der Waals surface area contributed by atoms with Crippen LogP contribution in [-0.2, 0) is 6.42 Å².